The van der Waals surface area contributed by atoms with Crippen molar-refractivity contribution in [2.75, 3.05) is 20.3 Å². The molecule has 2 saturated heterocycles. The molecule has 1 aromatic heterocycles. The van der Waals surface area contributed by atoms with Crippen molar-refractivity contribution in [1.29, 1.82) is 0 Å². The van der Waals surface area contributed by atoms with E-state index in [9.17, 15) is 23.9 Å². The lowest BCUT2D eigenvalue weighted by Crippen LogP contribution is -2.50. The van der Waals surface area contributed by atoms with Gasteiger partial charge in [-0.15, -0.1) is 0 Å². The molecule has 4 atom stereocenters. The number of nitrogens with one attached hydrogen (secondary N) is 2. The lowest BCUT2D eigenvalue weighted by molar-refractivity contribution is -0.188. The molecule has 11 nitrogen and oxygen atoms in total. The number of nitrogens with zero attached hydrogens (tertiary/aromatic N) is 1. The van der Waals surface area contributed by atoms with E-state index >= 15 is 0 Å². The summed E-state index contributed by atoms with van der Waals surface area (Å²) in [4.78, 5) is 43.6. The van der Waals surface area contributed by atoms with Crippen LogP contribution >= 0.6 is 7.75 Å². The highest BCUT2D eigenvalue weighted by molar-refractivity contribution is 7.49. The Hall–Kier alpha value is -1.33. The standard InChI is InChI=1S/C11H16N3O8P/c1-20-4-11-5-21-7(8(11)13-23(17,18)19)9(22-11)14-3-2-6(15)12-10(14)16/h2-3,7-9H,4-5H2,1H3,(H,12,15,16)(H3,13,17,18,19)/t7-,8-,9?,11-/m0/s1. The maximum atomic E-state index is 11.9. The zero-order valence-corrected chi connectivity index (χ0v) is 12.9. The second kappa shape index (κ2) is 5.64. The Bertz CT molecular complexity index is 756. The highest BCUT2D eigenvalue weighted by Crippen LogP contribution is 2.47. The first-order chi connectivity index (χ1) is 10.8. The highest BCUT2D eigenvalue weighted by atomic mass is 31.2. The first-order valence-electron chi connectivity index (χ1n) is 6.69. The van der Waals surface area contributed by atoms with Crippen molar-refractivity contribution in [3.05, 3.63) is 33.1 Å². The van der Waals surface area contributed by atoms with E-state index in [4.69, 9.17) is 14.2 Å². The number of ether oxygens (including phenoxy) is 3. The zero-order chi connectivity index (χ0) is 16.8. The summed E-state index contributed by atoms with van der Waals surface area (Å²) in [6, 6.07) is 0.262. The summed E-state index contributed by atoms with van der Waals surface area (Å²) < 4.78 is 28.9. The molecule has 23 heavy (non-hydrogen) atoms. The third-order valence-corrected chi connectivity index (χ3v) is 4.49. The summed E-state index contributed by atoms with van der Waals surface area (Å²) in [5.41, 5.74) is -2.42. The van der Waals surface area contributed by atoms with Gasteiger partial charge in [0, 0.05) is 19.4 Å². The summed E-state index contributed by atoms with van der Waals surface area (Å²) in [6.45, 7) is 0.0630. The molecule has 0 saturated carbocycles. The van der Waals surface area contributed by atoms with E-state index in [1.807, 2.05) is 0 Å². The maximum Gasteiger partial charge on any atom is 0.400 e. The molecule has 12 heteroatoms. The fourth-order valence-electron chi connectivity index (χ4n) is 3.01. The van der Waals surface area contributed by atoms with Crippen molar-refractivity contribution in [3.8, 4) is 0 Å². The van der Waals surface area contributed by atoms with Gasteiger partial charge in [-0.2, -0.15) is 0 Å². The molecule has 0 amide bonds. The average Bonchev–Trinajstić information content (AvgIpc) is 2.89. The molecule has 0 radical (unpaired) electrons. The molecule has 4 N–H and O–H groups in total. The summed E-state index contributed by atoms with van der Waals surface area (Å²) in [5, 5.41) is 2.19. The summed E-state index contributed by atoms with van der Waals surface area (Å²) in [7, 11) is -3.15. The van der Waals surface area contributed by atoms with Crippen molar-refractivity contribution in [3.63, 3.8) is 0 Å². The lowest BCUT2D eigenvalue weighted by atomic mass is 9.98. The van der Waals surface area contributed by atoms with E-state index in [2.05, 4.69) is 10.1 Å². The van der Waals surface area contributed by atoms with E-state index in [0.717, 1.165) is 10.6 Å². The van der Waals surface area contributed by atoms with Crippen LogP contribution in [0.15, 0.2) is 21.9 Å². The molecule has 2 aliphatic rings. The Labute approximate surface area is 129 Å². The number of methoxy groups -OCH3 is 1. The van der Waals surface area contributed by atoms with Gasteiger partial charge in [0.1, 0.15) is 11.7 Å². The van der Waals surface area contributed by atoms with Crippen LogP contribution in [-0.4, -0.2) is 57.4 Å². The van der Waals surface area contributed by atoms with Crippen LogP contribution in [0.5, 0.6) is 0 Å². The fourth-order valence-corrected chi connectivity index (χ4v) is 3.75. The Morgan fingerprint density at radius 3 is 2.91 bits per heavy atom. The fraction of sp³-hybridized carbons (Fsp3) is 0.636. The van der Waals surface area contributed by atoms with Gasteiger partial charge >= 0.3 is 13.4 Å². The van der Waals surface area contributed by atoms with Crippen LogP contribution in [0.25, 0.3) is 0 Å². The molecule has 0 aromatic carbocycles. The maximum absolute atomic E-state index is 11.9. The van der Waals surface area contributed by atoms with Gasteiger partial charge in [0.05, 0.1) is 19.3 Å². The van der Waals surface area contributed by atoms with E-state index in [0.29, 0.717) is 0 Å². The normalized spacial score (nSPS) is 33.3. The first-order valence-corrected chi connectivity index (χ1v) is 8.30. The number of fused-ring (bicyclic) bond motifs is 2. The van der Waals surface area contributed by atoms with Crippen LogP contribution in [0.2, 0.25) is 0 Å². The van der Waals surface area contributed by atoms with Crippen molar-refractivity contribution in [2.24, 2.45) is 0 Å². The van der Waals surface area contributed by atoms with Crippen molar-refractivity contribution in [1.82, 2.24) is 14.6 Å². The van der Waals surface area contributed by atoms with Gasteiger partial charge in [0.2, 0.25) is 0 Å². The quantitative estimate of drug-likeness (QED) is 0.438. The summed E-state index contributed by atoms with van der Waals surface area (Å²) in [6.07, 6.45) is -0.543. The SMILES string of the molecule is COC[C@@]12CO[C@H](C(n3ccc(=O)[nH]c3=O)O1)[C@@H]2NP(=O)(O)O. The zero-order valence-electron chi connectivity index (χ0n) is 12.0. The molecule has 3 rings (SSSR count). The van der Waals surface area contributed by atoms with Gasteiger partial charge < -0.3 is 24.0 Å². The molecular formula is C11H16N3O8P. The van der Waals surface area contributed by atoms with E-state index in [1.54, 1.807) is 0 Å². The largest absolute Gasteiger partial charge is 0.400 e. The molecular weight excluding hydrogens is 333 g/mol. The minimum Gasteiger partial charge on any atom is -0.382 e. The number of aromatic nitrogens is 2. The van der Waals surface area contributed by atoms with Crippen molar-refractivity contribution >= 4 is 7.75 Å². The number of hydrogen-bond donors (Lipinski definition) is 4. The van der Waals surface area contributed by atoms with Crippen LogP contribution in [0.1, 0.15) is 6.23 Å². The summed E-state index contributed by atoms with van der Waals surface area (Å²) >= 11 is 0. The van der Waals surface area contributed by atoms with E-state index in [-0.39, 0.29) is 13.2 Å². The molecule has 1 aromatic rings. The predicted molar refractivity (Wildman–Crippen MR) is 74.8 cm³/mol. The van der Waals surface area contributed by atoms with Gasteiger partial charge in [0.25, 0.3) is 5.56 Å². The molecule has 128 valence electrons. The average molecular weight is 349 g/mol. The van der Waals surface area contributed by atoms with E-state index < -0.39 is 43.0 Å². The Kier molecular flexibility index (Phi) is 4.05. The molecule has 0 spiro atoms. The Morgan fingerprint density at radius 2 is 2.30 bits per heavy atom. The third kappa shape index (κ3) is 2.92. The van der Waals surface area contributed by atoms with Gasteiger partial charge in [-0.25, -0.2) is 14.4 Å². The predicted octanol–water partition coefficient (Wildman–Crippen LogP) is -2.10. The molecule has 2 bridgehead atoms. The van der Waals surface area contributed by atoms with Gasteiger partial charge in [0.15, 0.2) is 6.23 Å². The number of hydrogen-bond acceptors (Lipinski definition) is 6. The molecule has 2 fully saturated rings. The van der Waals surface area contributed by atoms with Crippen LogP contribution in [0.4, 0.5) is 0 Å². The van der Waals surface area contributed by atoms with E-state index in [1.165, 1.54) is 13.3 Å². The number of rotatable bonds is 5. The second-order valence-corrected chi connectivity index (χ2v) is 6.80. The Morgan fingerprint density at radius 1 is 1.57 bits per heavy atom. The minimum absolute atomic E-state index is 0.00969. The molecule has 0 aliphatic carbocycles. The van der Waals surface area contributed by atoms with Crippen molar-refractivity contribution < 1.29 is 28.6 Å². The second-order valence-electron chi connectivity index (χ2n) is 5.45. The Balaban J connectivity index is 1.98. The highest BCUT2D eigenvalue weighted by Gasteiger charge is 2.63. The minimum atomic E-state index is -4.56. The third-order valence-electron chi connectivity index (χ3n) is 3.87. The lowest BCUT2D eigenvalue weighted by Gasteiger charge is -2.31. The van der Waals surface area contributed by atoms with Gasteiger partial charge in [-0.1, -0.05) is 0 Å². The van der Waals surface area contributed by atoms with Crippen LogP contribution in [0, 0.1) is 0 Å². The van der Waals surface area contributed by atoms with Gasteiger partial charge in [-0.3, -0.25) is 14.3 Å². The molecule has 3 heterocycles. The van der Waals surface area contributed by atoms with Crippen molar-refractivity contribution in [2.45, 2.75) is 24.0 Å². The first kappa shape index (κ1) is 16.5. The molecule has 1 unspecified atom stereocenters. The summed E-state index contributed by atoms with van der Waals surface area (Å²) in [5.74, 6) is 0. The van der Waals surface area contributed by atoms with Crippen LogP contribution < -0.4 is 16.3 Å². The monoisotopic (exact) mass is 349 g/mol. The van der Waals surface area contributed by atoms with Crippen LogP contribution in [-0.2, 0) is 18.8 Å². The number of aromatic amines is 1. The number of H-pyrrole nitrogens is 1. The smallest absolute Gasteiger partial charge is 0.382 e. The van der Waals surface area contributed by atoms with Gasteiger partial charge in [-0.05, 0) is 0 Å². The molecule has 2 aliphatic heterocycles. The van der Waals surface area contributed by atoms with Crippen LogP contribution in [0.3, 0.4) is 0 Å². The topological polar surface area (TPSA) is 152 Å².